The van der Waals surface area contributed by atoms with Crippen LogP contribution in [-0.2, 0) is 5.75 Å². The molecule has 1 aliphatic heterocycles. The molecule has 0 saturated carbocycles. The third-order valence-corrected chi connectivity index (χ3v) is 5.58. The first-order valence-corrected chi connectivity index (χ1v) is 10.4. The second kappa shape index (κ2) is 9.55. The maximum Gasteiger partial charge on any atom is 0.170 e. The molecule has 0 aromatic heterocycles. The minimum atomic E-state index is 0.561. The average molecular weight is 429 g/mol. The maximum atomic E-state index is 6.17. The van der Waals surface area contributed by atoms with Gasteiger partial charge in [0, 0.05) is 39.8 Å². The average Bonchev–Trinajstić information content (AvgIpc) is 2.63. The molecule has 2 aromatic carbocycles. The lowest BCUT2D eigenvalue weighted by atomic mass is 10.2. The van der Waals surface area contributed by atoms with Crippen molar-refractivity contribution in [2.75, 3.05) is 30.8 Å². The number of ether oxygens (including phenoxy) is 2. The van der Waals surface area contributed by atoms with E-state index in [0.29, 0.717) is 28.4 Å². The molecular formula is C18H18Cl2N2O2S2. The van der Waals surface area contributed by atoms with Crippen molar-refractivity contribution < 1.29 is 9.47 Å². The van der Waals surface area contributed by atoms with Gasteiger partial charge in [-0.15, -0.1) is 0 Å². The predicted octanol–water partition coefficient (Wildman–Crippen LogP) is 4.98. The molecule has 3 rings (SSSR count). The molecule has 0 bridgehead atoms. The van der Waals surface area contributed by atoms with Crippen molar-refractivity contribution in [2.24, 2.45) is 0 Å². The SMILES string of the molecule is S=C(NCCSCc1c(Cl)cccc1Cl)Nc1ccc2c(c1)OCCO2. The van der Waals surface area contributed by atoms with Crippen LogP contribution < -0.4 is 20.1 Å². The molecule has 0 atom stereocenters. The van der Waals surface area contributed by atoms with Gasteiger partial charge in [0.1, 0.15) is 13.2 Å². The van der Waals surface area contributed by atoms with Crippen molar-refractivity contribution in [3.8, 4) is 11.5 Å². The predicted molar refractivity (Wildman–Crippen MR) is 114 cm³/mol. The number of fused-ring (bicyclic) bond motifs is 1. The van der Waals surface area contributed by atoms with Crippen molar-refractivity contribution in [3.05, 3.63) is 52.0 Å². The van der Waals surface area contributed by atoms with Gasteiger partial charge in [0.05, 0.1) is 0 Å². The molecule has 2 N–H and O–H groups in total. The Bertz CT molecular complexity index is 770. The van der Waals surface area contributed by atoms with E-state index in [4.69, 9.17) is 44.9 Å². The molecule has 0 amide bonds. The van der Waals surface area contributed by atoms with Crippen LogP contribution >= 0.6 is 47.2 Å². The summed E-state index contributed by atoms with van der Waals surface area (Å²) >= 11 is 19.4. The monoisotopic (exact) mass is 428 g/mol. The van der Waals surface area contributed by atoms with Gasteiger partial charge in [0.15, 0.2) is 16.6 Å². The van der Waals surface area contributed by atoms with Gasteiger partial charge in [0.25, 0.3) is 0 Å². The van der Waals surface area contributed by atoms with E-state index < -0.39 is 0 Å². The molecule has 0 spiro atoms. The Morgan fingerprint density at radius 3 is 2.58 bits per heavy atom. The summed E-state index contributed by atoms with van der Waals surface area (Å²) in [6.45, 7) is 1.88. The second-order valence-corrected chi connectivity index (χ2v) is 7.82. The van der Waals surface area contributed by atoms with E-state index in [1.807, 2.05) is 36.4 Å². The first-order chi connectivity index (χ1) is 12.6. The Labute approximate surface area is 172 Å². The highest BCUT2D eigenvalue weighted by Crippen LogP contribution is 2.32. The number of nitrogens with one attached hydrogen (secondary N) is 2. The van der Waals surface area contributed by atoms with Gasteiger partial charge in [-0.1, -0.05) is 29.3 Å². The summed E-state index contributed by atoms with van der Waals surface area (Å²) in [5.41, 5.74) is 1.83. The van der Waals surface area contributed by atoms with Crippen LogP contribution in [0.1, 0.15) is 5.56 Å². The van der Waals surface area contributed by atoms with E-state index in [9.17, 15) is 0 Å². The first kappa shape index (κ1) is 19.4. The zero-order valence-corrected chi connectivity index (χ0v) is 17.0. The lowest BCUT2D eigenvalue weighted by Crippen LogP contribution is -2.30. The van der Waals surface area contributed by atoms with Crippen LogP contribution in [-0.4, -0.2) is 30.6 Å². The number of thioether (sulfide) groups is 1. The number of halogens is 2. The highest BCUT2D eigenvalue weighted by atomic mass is 35.5. The van der Waals surface area contributed by atoms with Crippen LogP contribution in [0.15, 0.2) is 36.4 Å². The molecule has 1 heterocycles. The molecule has 1 aliphatic rings. The zero-order chi connectivity index (χ0) is 18.4. The van der Waals surface area contributed by atoms with Gasteiger partial charge >= 0.3 is 0 Å². The van der Waals surface area contributed by atoms with Crippen LogP contribution in [0.4, 0.5) is 5.69 Å². The number of anilines is 1. The number of rotatable bonds is 6. The number of hydrogen-bond acceptors (Lipinski definition) is 4. The van der Waals surface area contributed by atoms with E-state index in [0.717, 1.165) is 40.8 Å². The fourth-order valence-electron chi connectivity index (χ4n) is 2.38. The van der Waals surface area contributed by atoms with Gasteiger partial charge in [-0.3, -0.25) is 0 Å². The number of hydrogen-bond donors (Lipinski definition) is 2. The first-order valence-electron chi connectivity index (χ1n) is 8.08. The van der Waals surface area contributed by atoms with Crippen molar-refractivity contribution in [2.45, 2.75) is 5.75 Å². The summed E-state index contributed by atoms with van der Waals surface area (Å²) in [4.78, 5) is 0. The van der Waals surface area contributed by atoms with Crippen molar-refractivity contribution in [1.29, 1.82) is 0 Å². The van der Waals surface area contributed by atoms with Crippen LogP contribution in [0.5, 0.6) is 11.5 Å². The molecule has 26 heavy (non-hydrogen) atoms. The molecule has 138 valence electrons. The third-order valence-electron chi connectivity index (χ3n) is 3.64. The van der Waals surface area contributed by atoms with Gasteiger partial charge in [-0.2, -0.15) is 11.8 Å². The lowest BCUT2D eigenvalue weighted by Gasteiger charge is -2.19. The quantitative estimate of drug-likeness (QED) is 0.499. The van der Waals surface area contributed by atoms with Crippen LogP contribution in [0.25, 0.3) is 0 Å². The Morgan fingerprint density at radius 1 is 1.08 bits per heavy atom. The van der Waals surface area contributed by atoms with Crippen molar-refractivity contribution in [3.63, 3.8) is 0 Å². The van der Waals surface area contributed by atoms with Gasteiger partial charge in [-0.05, 0) is 42.0 Å². The molecule has 4 nitrogen and oxygen atoms in total. The summed E-state index contributed by atoms with van der Waals surface area (Å²) in [5.74, 6) is 3.14. The highest BCUT2D eigenvalue weighted by molar-refractivity contribution is 7.98. The summed E-state index contributed by atoms with van der Waals surface area (Å²) in [5, 5.41) is 8.31. The largest absolute Gasteiger partial charge is 0.486 e. The van der Waals surface area contributed by atoms with Crippen LogP contribution in [0.3, 0.4) is 0 Å². The van der Waals surface area contributed by atoms with E-state index in [1.165, 1.54) is 0 Å². The minimum Gasteiger partial charge on any atom is -0.486 e. The summed E-state index contributed by atoms with van der Waals surface area (Å²) < 4.78 is 11.1. The highest BCUT2D eigenvalue weighted by Gasteiger charge is 2.12. The molecule has 0 fully saturated rings. The van der Waals surface area contributed by atoms with Crippen molar-refractivity contribution >= 4 is 58.0 Å². The summed E-state index contributed by atoms with van der Waals surface area (Å²) in [7, 11) is 0. The zero-order valence-electron chi connectivity index (χ0n) is 13.9. The Kier molecular flexibility index (Phi) is 7.14. The topological polar surface area (TPSA) is 42.5 Å². The number of benzene rings is 2. The fourth-order valence-corrected chi connectivity index (χ4v) is 4.19. The third kappa shape index (κ3) is 5.33. The molecule has 0 radical (unpaired) electrons. The van der Waals surface area contributed by atoms with Gasteiger partial charge in [-0.25, -0.2) is 0 Å². The van der Waals surface area contributed by atoms with E-state index in [2.05, 4.69) is 10.6 Å². The second-order valence-electron chi connectivity index (χ2n) is 5.49. The van der Waals surface area contributed by atoms with E-state index in [1.54, 1.807) is 11.8 Å². The smallest absolute Gasteiger partial charge is 0.170 e. The van der Waals surface area contributed by atoms with Crippen LogP contribution in [0.2, 0.25) is 10.0 Å². The standard InChI is InChI=1S/C18H18Cl2N2O2S2/c19-14-2-1-3-15(20)13(14)11-26-9-6-21-18(25)22-12-4-5-16-17(10-12)24-8-7-23-16/h1-5,10H,6-9,11H2,(H2,21,22,25). The van der Waals surface area contributed by atoms with Gasteiger partial charge in [0.2, 0.25) is 0 Å². The molecular weight excluding hydrogens is 411 g/mol. The van der Waals surface area contributed by atoms with E-state index in [-0.39, 0.29) is 0 Å². The van der Waals surface area contributed by atoms with E-state index >= 15 is 0 Å². The van der Waals surface area contributed by atoms with Gasteiger partial charge < -0.3 is 20.1 Å². The molecule has 0 aliphatic carbocycles. The lowest BCUT2D eigenvalue weighted by molar-refractivity contribution is 0.171. The molecule has 0 saturated heterocycles. The molecule has 8 heteroatoms. The fraction of sp³-hybridized carbons (Fsp3) is 0.278. The normalized spacial score (nSPS) is 12.5. The van der Waals surface area contributed by atoms with Crippen molar-refractivity contribution in [1.82, 2.24) is 5.32 Å². The minimum absolute atomic E-state index is 0.561. The Morgan fingerprint density at radius 2 is 1.81 bits per heavy atom. The Hall–Kier alpha value is -1.34. The molecule has 0 unspecified atom stereocenters. The summed E-state index contributed by atoms with van der Waals surface area (Å²) in [6, 6.07) is 11.2. The summed E-state index contributed by atoms with van der Waals surface area (Å²) in [6.07, 6.45) is 0. The number of thiocarbonyl (C=S) groups is 1. The maximum absolute atomic E-state index is 6.17. The molecule has 2 aromatic rings. The Balaban J connectivity index is 1.39. The van der Waals surface area contributed by atoms with Crippen LogP contribution in [0, 0.1) is 0 Å².